The Morgan fingerprint density at radius 2 is 1.77 bits per heavy atom. The number of halogens is 3. The quantitative estimate of drug-likeness (QED) is 0.622. The molecule has 0 amide bonds. The molecule has 2 heterocycles. The normalized spacial score (nSPS) is 15.0. The van der Waals surface area contributed by atoms with Crippen LogP contribution in [0.1, 0.15) is 40.9 Å². The van der Waals surface area contributed by atoms with Gasteiger partial charge in [0.1, 0.15) is 5.69 Å². The summed E-state index contributed by atoms with van der Waals surface area (Å²) >= 11 is 0. The van der Waals surface area contributed by atoms with E-state index in [1.54, 1.807) is 18.2 Å². The predicted octanol–water partition coefficient (Wildman–Crippen LogP) is 3.64. The van der Waals surface area contributed by atoms with E-state index in [-0.39, 0.29) is 35.1 Å². The third-order valence-corrected chi connectivity index (χ3v) is 5.13. The first kappa shape index (κ1) is 19.9. The molecule has 0 spiro atoms. The van der Waals surface area contributed by atoms with Crippen LogP contribution in [0.25, 0.3) is 11.6 Å². The van der Waals surface area contributed by atoms with Crippen LogP contribution in [-0.2, 0) is 11.8 Å². The summed E-state index contributed by atoms with van der Waals surface area (Å²) in [5.41, 5.74) is 0.0929. The summed E-state index contributed by atoms with van der Waals surface area (Å²) in [5.74, 6) is -0.00594. The van der Waals surface area contributed by atoms with E-state index in [9.17, 15) is 22.8 Å². The van der Waals surface area contributed by atoms with Gasteiger partial charge in [-0.25, -0.2) is 15.0 Å². The number of aromatic nitrogens is 4. The number of alkyl halides is 3. The van der Waals surface area contributed by atoms with Crippen molar-refractivity contribution < 1.29 is 18.0 Å². The van der Waals surface area contributed by atoms with E-state index >= 15 is 0 Å². The lowest BCUT2D eigenvalue weighted by atomic mass is 9.89. The molecule has 2 aromatic heterocycles. The van der Waals surface area contributed by atoms with Crippen molar-refractivity contribution >= 4 is 5.78 Å². The second-order valence-corrected chi connectivity index (χ2v) is 7.42. The third kappa shape index (κ3) is 4.45. The number of ketones is 1. The highest BCUT2D eigenvalue weighted by molar-refractivity contribution is 5.95. The van der Waals surface area contributed by atoms with Gasteiger partial charge >= 0.3 is 6.18 Å². The summed E-state index contributed by atoms with van der Waals surface area (Å²) in [4.78, 5) is 39.6. The molecule has 1 aliphatic rings. The number of hydrogen-bond donors (Lipinski definition) is 1. The Kier molecular flexibility index (Phi) is 4.97. The van der Waals surface area contributed by atoms with Crippen LogP contribution in [0, 0.1) is 0 Å². The molecular formula is C21H17F3N4O2. The monoisotopic (exact) mass is 414 g/mol. The fraction of sp³-hybridized carbons (Fsp3) is 0.286. The highest BCUT2D eigenvalue weighted by Crippen LogP contribution is 2.51. The highest BCUT2D eigenvalue weighted by Gasteiger charge is 2.46. The first-order chi connectivity index (χ1) is 14.2. The number of H-pyrrole nitrogens is 1. The molecule has 154 valence electrons. The van der Waals surface area contributed by atoms with Gasteiger partial charge in [0.2, 0.25) is 0 Å². The van der Waals surface area contributed by atoms with E-state index in [2.05, 4.69) is 19.9 Å². The fourth-order valence-electron chi connectivity index (χ4n) is 3.45. The largest absolute Gasteiger partial charge is 0.393 e. The maximum atomic E-state index is 12.9. The van der Waals surface area contributed by atoms with Gasteiger partial charge in [-0.3, -0.25) is 9.59 Å². The zero-order valence-corrected chi connectivity index (χ0v) is 15.7. The summed E-state index contributed by atoms with van der Waals surface area (Å²) in [6, 6.07) is 8.95. The van der Waals surface area contributed by atoms with Crippen LogP contribution in [0.3, 0.4) is 0 Å². The molecule has 4 rings (SSSR count). The van der Waals surface area contributed by atoms with Crippen LogP contribution in [0.2, 0.25) is 0 Å². The Morgan fingerprint density at radius 3 is 2.37 bits per heavy atom. The first-order valence-corrected chi connectivity index (χ1v) is 9.32. The molecule has 1 aliphatic carbocycles. The minimum atomic E-state index is -4.26. The van der Waals surface area contributed by atoms with Crippen LogP contribution >= 0.6 is 0 Å². The maximum absolute atomic E-state index is 12.9. The van der Waals surface area contributed by atoms with Crippen molar-refractivity contribution in [2.75, 3.05) is 0 Å². The van der Waals surface area contributed by atoms with E-state index < -0.39 is 23.6 Å². The molecule has 0 atom stereocenters. The van der Waals surface area contributed by atoms with Gasteiger partial charge in [0.15, 0.2) is 17.4 Å². The van der Waals surface area contributed by atoms with E-state index in [1.165, 1.54) is 24.5 Å². The number of nitrogens with one attached hydrogen (secondary N) is 1. The molecule has 3 aromatic rings. The van der Waals surface area contributed by atoms with Crippen molar-refractivity contribution in [1.29, 1.82) is 0 Å². The molecule has 0 saturated heterocycles. The molecule has 1 aromatic carbocycles. The minimum Gasteiger partial charge on any atom is -0.304 e. The smallest absolute Gasteiger partial charge is 0.304 e. The summed E-state index contributed by atoms with van der Waals surface area (Å²) < 4.78 is 37.6. The average Bonchev–Trinajstić information content (AvgIpc) is 3.48. The standard InChI is InChI=1S/C21H17F3N4O2/c22-21(23,24)11-13-2-4-14(5-3-13)20(6-7-20)12-16(29)15-10-17(30)28-19(27-15)18-25-8-1-9-26-18/h1-5,8-10H,6-7,11-12H2,(H,27,28,30). The Hall–Kier alpha value is -3.36. The number of aromatic amines is 1. The molecular weight excluding hydrogens is 397 g/mol. The van der Waals surface area contributed by atoms with Gasteiger partial charge in [-0.05, 0) is 30.0 Å². The van der Waals surface area contributed by atoms with Crippen LogP contribution < -0.4 is 5.56 Å². The number of hydrogen-bond acceptors (Lipinski definition) is 5. The number of carbonyl (C=O) groups is 1. The molecule has 1 saturated carbocycles. The lowest BCUT2D eigenvalue weighted by Crippen LogP contribution is -2.19. The Labute approximate surface area is 169 Å². The van der Waals surface area contributed by atoms with Crippen molar-refractivity contribution in [2.24, 2.45) is 0 Å². The van der Waals surface area contributed by atoms with Gasteiger partial charge in [0.25, 0.3) is 5.56 Å². The topological polar surface area (TPSA) is 88.6 Å². The van der Waals surface area contributed by atoms with Crippen LogP contribution in [0.5, 0.6) is 0 Å². The lowest BCUT2D eigenvalue weighted by Gasteiger charge is -2.16. The minimum absolute atomic E-state index is 0.0150. The van der Waals surface area contributed by atoms with Crippen molar-refractivity contribution in [3.8, 4) is 11.6 Å². The van der Waals surface area contributed by atoms with Gasteiger partial charge in [-0.1, -0.05) is 24.3 Å². The predicted molar refractivity (Wildman–Crippen MR) is 102 cm³/mol. The van der Waals surface area contributed by atoms with Crippen LogP contribution in [0.15, 0.2) is 53.6 Å². The van der Waals surface area contributed by atoms with Gasteiger partial charge in [-0.2, -0.15) is 13.2 Å². The zero-order valence-electron chi connectivity index (χ0n) is 15.7. The molecule has 0 radical (unpaired) electrons. The zero-order chi connectivity index (χ0) is 21.4. The Morgan fingerprint density at radius 1 is 1.10 bits per heavy atom. The third-order valence-electron chi connectivity index (χ3n) is 5.13. The second kappa shape index (κ2) is 7.47. The summed E-state index contributed by atoms with van der Waals surface area (Å²) in [5, 5.41) is 0. The lowest BCUT2D eigenvalue weighted by molar-refractivity contribution is -0.127. The molecule has 9 heteroatoms. The molecule has 6 nitrogen and oxygen atoms in total. The average molecular weight is 414 g/mol. The van der Waals surface area contributed by atoms with Gasteiger partial charge in [-0.15, -0.1) is 0 Å². The van der Waals surface area contributed by atoms with Crippen molar-refractivity contribution in [3.05, 3.63) is 76.0 Å². The number of rotatable bonds is 6. The van der Waals surface area contributed by atoms with Crippen LogP contribution in [-0.4, -0.2) is 31.9 Å². The summed E-state index contributed by atoms with van der Waals surface area (Å²) in [6.07, 6.45) is -0.639. The van der Waals surface area contributed by atoms with Crippen molar-refractivity contribution in [3.63, 3.8) is 0 Å². The SMILES string of the molecule is O=C(CC1(c2ccc(CC(F)(F)F)cc2)CC1)c1cc(=O)[nH]c(-c2ncccn2)n1. The molecule has 0 bridgehead atoms. The Balaban J connectivity index is 1.54. The molecule has 1 fully saturated rings. The summed E-state index contributed by atoms with van der Waals surface area (Å²) in [7, 11) is 0. The first-order valence-electron chi connectivity index (χ1n) is 9.32. The molecule has 30 heavy (non-hydrogen) atoms. The van der Waals surface area contributed by atoms with E-state index in [0.29, 0.717) is 0 Å². The van der Waals surface area contributed by atoms with E-state index in [4.69, 9.17) is 0 Å². The molecule has 1 N–H and O–H groups in total. The van der Waals surface area contributed by atoms with Gasteiger partial charge < -0.3 is 4.98 Å². The van der Waals surface area contributed by atoms with Crippen molar-refractivity contribution in [2.45, 2.75) is 37.3 Å². The van der Waals surface area contributed by atoms with Gasteiger partial charge in [0.05, 0.1) is 6.42 Å². The second-order valence-electron chi connectivity index (χ2n) is 7.42. The number of Topliss-reactive ketones (excluding diaryl/α,β-unsaturated/α-hetero) is 1. The Bertz CT molecular complexity index is 1120. The molecule has 0 aliphatic heterocycles. The highest BCUT2D eigenvalue weighted by atomic mass is 19.4. The number of carbonyl (C=O) groups excluding carboxylic acids is 1. The van der Waals surface area contributed by atoms with E-state index in [0.717, 1.165) is 24.5 Å². The van der Waals surface area contributed by atoms with Crippen LogP contribution in [0.4, 0.5) is 13.2 Å². The van der Waals surface area contributed by atoms with Crippen molar-refractivity contribution in [1.82, 2.24) is 19.9 Å². The maximum Gasteiger partial charge on any atom is 0.393 e. The number of benzene rings is 1. The van der Waals surface area contributed by atoms with E-state index in [1.807, 2.05) is 0 Å². The van der Waals surface area contributed by atoms with Gasteiger partial charge in [0, 0.05) is 30.3 Å². The molecule has 0 unspecified atom stereocenters. The number of nitrogens with zero attached hydrogens (tertiary/aromatic N) is 3. The fourth-order valence-corrected chi connectivity index (χ4v) is 3.45. The summed E-state index contributed by atoms with van der Waals surface area (Å²) in [6.45, 7) is 0.